The Labute approximate surface area is 337 Å². The molecule has 16 heteroatoms. The Kier molecular flexibility index (Phi) is 12.0. The normalized spacial score (nSPS) is 23.2. The molecule has 306 valence electrons. The van der Waals surface area contributed by atoms with Crippen LogP contribution in [0.1, 0.15) is 53.8 Å². The Balaban J connectivity index is 1.21. The average molecular weight is 815 g/mol. The van der Waals surface area contributed by atoms with E-state index in [0.717, 1.165) is 23.2 Å². The lowest BCUT2D eigenvalue weighted by molar-refractivity contribution is -0.150. The van der Waals surface area contributed by atoms with Crippen molar-refractivity contribution in [1.82, 2.24) is 19.1 Å². The number of aliphatic hydroxyl groups excluding tert-OH is 1. The van der Waals surface area contributed by atoms with Gasteiger partial charge in [-0.15, -0.1) is 0 Å². The van der Waals surface area contributed by atoms with Crippen molar-refractivity contribution in [2.24, 2.45) is 5.92 Å². The van der Waals surface area contributed by atoms with Gasteiger partial charge in [-0.1, -0.05) is 79.7 Å². The molecule has 2 saturated heterocycles. The molecule has 0 amide bonds. The van der Waals surface area contributed by atoms with Gasteiger partial charge in [0.1, 0.15) is 18.4 Å². The molecule has 0 saturated carbocycles. The van der Waals surface area contributed by atoms with Crippen molar-refractivity contribution in [2.45, 2.75) is 68.8 Å². The van der Waals surface area contributed by atoms with Crippen molar-refractivity contribution in [3.63, 3.8) is 0 Å². The first kappa shape index (κ1) is 40.9. The Morgan fingerprint density at radius 3 is 2.14 bits per heavy atom. The van der Waals surface area contributed by atoms with E-state index >= 15 is 0 Å². The minimum absolute atomic E-state index is 0.0385. The Morgan fingerprint density at radius 2 is 1.50 bits per heavy atom. The standard InChI is InChI=1S/C42H46N4O11S/c1-25-20-41(46-22-27(3)37(49)44-40(46)51,24-55-58-38-31(47)19-34(56-38)45-21-26(2)36(48)43-39(45)50)57-33(25)23-54-42(28-13-8-6-9-14-28,29-15-10-7-11-16-29)30-17-12-18-32(52-4)35(30)53-5/h6-18,21-22,25,31,33-34,38,47H,19-20,23-24H2,1-5H3,(H,43,48,50)(H,44,49,51)/t25-,31?,33+,34?,38?,41-/m0/s1. The molecular weight excluding hydrogens is 769 g/mol. The molecule has 2 fully saturated rings. The lowest BCUT2D eigenvalue weighted by Crippen LogP contribution is -2.47. The van der Waals surface area contributed by atoms with Gasteiger partial charge >= 0.3 is 11.4 Å². The topological polar surface area (TPSA) is 185 Å². The van der Waals surface area contributed by atoms with Crippen LogP contribution in [0.25, 0.3) is 0 Å². The van der Waals surface area contributed by atoms with Gasteiger partial charge in [0.05, 0.1) is 33.0 Å². The number of nitrogens with zero attached hydrogens (tertiary/aromatic N) is 2. The maximum atomic E-state index is 13.5. The number of aliphatic hydroxyl groups is 1. The van der Waals surface area contributed by atoms with Crippen LogP contribution in [0, 0.1) is 19.8 Å². The highest BCUT2D eigenvalue weighted by atomic mass is 32.2. The molecule has 3 unspecified atom stereocenters. The molecule has 0 aliphatic carbocycles. The number of methoxy groups -OCH3 is 2. The maximum Gasteiger partial charge on any atom is 0.330 e. The molecule has 5 aromatic rings. The smallest absolute Gasteiger partial charge is 0.330 e. The van der Waals surface area contributed by atoms with E-state index in [-0.39, 0.29) is 32.0 Å². The average Bonchev–Trinajstić information content (AvgIpc) is 3.76. The van der Waals surface area contributed by atoms with Crippen molar-refractivity contribution >= 4 is 12.0 Å². The van der Waals surface area contributed by atoms with E-state index in [1.54, 1.807) is 28.1 Å². The predicted octanol–water partition coefficient (Wildman–Crippen LogP) is 4.08. The van der Waals surface area contributed by atoms with E-state index in [2.05, 4.69) is 9.97 Å². The number of aryl methyl sites for hydroxylation is 2. The van der Waals surface area contributed by atoms with Crippen molar-refractivity contribution in [3.8, 4) is 11.5 Å². The first-order valence-corrected chi connectivity index (χ1v) is 19.6. The first-order chi connectivity index (χ1) is 27.9. The molecular formula is C42H46N4O11S. The van der Waals surface area contributed by atoms with Crippen LogP contribution in [-0.4, -0.2) is 69.3 Å². The summed E-state index contributed by atoms with van der Waals surface area (Å²) in [5.41, 5.74) is -3.03. The highest BCUT2D eigenvalue weighted by Gasteiger charge is 2.50. The molecule has 0 radical (unpaired) electrons. The number of aromatic nitrogens is 4. The maximum absolute atomic E-state index is 13.5. The number of rotatable bonds is 14. The van der Waals surface area contributed by atoms with Gasteiger partial charge in [0.2, 0.25) is 0 Å². The van der Waals surface area contributed by atoms with E-state index in [4.69, 9.17) is 27.9 Å². The zero-order valence-corrected chi connectivity index (χ0v) is 33.5. The summed E-state index contributed by atoms with van der Waals surface area (Å²) in [6.45, 7) is 4.98. The molecule has 58 heavy (non-hydrogen) atoms. The lowest BCUT2D eigenvalue weighted by Gasteiger charge is -2.38. The van der Waals surface area contributed by atoms with E-state index in [9.17, 15) is 24.3 Å². The van der Waals surface area contributed by atoms with E-state index in [1.807, 2.05) is 85.8 Å². The zero-order chi connectivity index (χ0) is 41.2. The van der Waals surface area contributed by atoms with Crippen molar-refractivity contribution in [3.05, 3.63) is 161 Å². The van der Waals surface area contributed by atoms with Crippen LogP contribution in [0.4, 0.5) is 0 Å². The van der Waals surface area contributed by atoms with E-state index in [1.165, 1.54) is 21.5 Å². The Hall–Kier alpha value is -5.23. The van der Waals surface area contributed by atoms with Crippen LogP contribution >= 0.6 is 12.0 Å². The number of para-hydroxylation sites is 1. The second kappa shape index (κ2) is 16.9. The summed E-state index contributed by atoms with van der Waals surface area (Å²) in [4.78, 5) is 55.2. The minimum Gasteiger partial charge on any atom is -0.493 e. The second-order valence-electron chi connectivity index (χ2n) is 14.6. The van der Waals surface area contributed by atoms with Crippen LogP contribution in [-0.2, 0) is 29.7 Å². The number of benzene rings is 3. The molecule has 2 aromatic heterocycles. The van der Waals surface area contributed by atoms with Gasteiger partial charge in [-0.25, -0.2) is 9.59 Å². The SMILES string of the molecule is COc1cccc(C(OC[C@H]2O[C@@](COSC3OC(n4cc(C)c(=O)[nH]c4=O)CC3O)(n3cc(C)c(=O)[nH]c3=O)C[C@@H]2C)(c2ccccc2)c2ccccc2)c1OC. The summed E-state index contributed by atoms with van der Waals surface area (Å²) in [6, 6.07) is 25.2. The number of ether oxygens (including phenoxy) is 5. The molecule has 6 atom stereocenters. The predicted molar refractivity (Wildman–Crippen MR) is 215 cm³/mol. The van der Waals surface area contributed by atoms with Crippen LogP contribution in [0.3, 0.4) is 0 Å². The third-order valence-electron chi connectivity index (χ3n) is 10.8. The fraction of sp³-hybridized carbons (Fsp3) is 0.381. The van der Waals surface area contributed by atoms with Crippen molar-refractivity contribution in [2.75, 3.05) is 27.4 Å². The van der Waals surface area contributed by atoms with Crippen LogP contribution < -0.4 is 32.0 Å². The van der Waals surface area contributed by atoms with Gasteiger partial charge in [0, 0.05) is 54.0 Å². The van der Waals surface area contributed by atoms with Crippen LogP contribution in [0.5, 0.6) is 11.5 Å². The summed E-state index contributed by atoms with van der Waals surface area (Å²) in [5.74, 6) is 0.805. The van der Waals surface area contributed by atoms with Gasteiger partial charge in [0.15, 0.2) is 22.7 Å². The van der Waals surface area contributed by atoms with Crippen LogP contribution in [0.15, 0.2) is 110 Å². The fourth-order valence-corrected chi connectivity index (χ4v) is 8.58. The third-order valence-corrected chi connectivity index (χ3v) is 11.6. The van der Waals surface area contributed by atoms with Gasteiger partial charge in [-0.05, 0) is 37.0 Å². The van der Waals surface area contributed by atoms with Gasteiger partial charge < -0.3 is 33.0 Å². The summed E-state index contributed by atoms with van der Waals surface area (Å²) >= 11 is 0.833. The number of hydrogen-bond donors (Lipinski definition) is 3. The highest BCUT2D eigenvalue weighted by Crippen LogP contribution is 2.49. The first-order valence-electron chi connectivity index (χ1n) is 18.8. The molecule has 7 rings (SSSR count). The number of aromatic amines is 2. The Bertz CT molecular complexity index is 2430. The minimum atomic E-state index is -1.43. The largest absolute Gasteiger partial charge is 0.493 e. The van der Waals surface area contributed by atoms with Gasteiger partial charge in [0.25, 0.3) is 11.1 Å². The quantitative estimate of drug-likeness (QED) is 0.108. The van der Waals surface area contributed by atoms with Crippen molar-refractivity contribution < 1.29 is 33.0 Å². The molecule has 4 heterocycles. The molecule has 0 bridgehead atoms. The molecule has 3 N–H and O–H groups in total. The molecule has 15 nitrogen and oxygen atoms in total. The monoisotopic (exact) mass is 814 g/mol. The third kappa shape index (κ3) is 7.70. The summed E-state index contributed by atoms with van der Waals surface area (Å²) in [5, 5.41) is 10.9. The molecule has 3 aromatic carbocycles. The second-order valence-corrected chi connectivity index (χ2v) is 15.5. The number of nitrogens with one attached hydrogen (secondary N) is 2. The summed E-state index contributed by atoms with van der Waals surface area (Å²) in [7, 11) is 3.16. The number of H-pyrrole nitrogens is 2. The summed E-state index contributed by atoms with van der Waals surface area (Å²) in [6.07, 6.45) is 0.672. The number of hydrogen-bond acceptors (Lipinski definition) is 12. The van der Waals surface area contributed by atoms with Gasteiger partial charge in [-0.2, -0.15) is 0 Å². The lowest BCUT2D eigenvalue weighted by atomic mass is 9.79. The Morgan fingerprint density at radius 1 is 0.862 bits per heavy atom. The fourth-order valence-electron chi connectivity index (χ4n) is 7.78. The van der Waals surface area contributed by atoms with E-state index in [0.29, 0.717) is 28.2 Å². The van der Waals surface area contributed by atoms with Crippen LogP contribution in [0.2, 0.25) is 0 Å². The molecule has 0 spiro atoms. The molecule has 2 aliphatic rings. The van der Waals surface area contributed by atoms with Crippen molar-refractivity contribution in [1.29, 1.82) is 0 Å². The molecule has 2 aliphatic heterocycles. The van der Waals surface area contributed by atoms with Gasteiger partial charge in [-0.3, -0.25) is 28.7 Å². The highest BCUT2D eigenvalue weighted by molar-refractivity contribution is 7.95. The summed E-state index contributed by atoms with van der Waals surface area (Å²) < 4.78 is 40.6. The van der Waals surface area contributed by atoms with E-state index < -0.39 is 57.7 Å². The zero-order valence-electron chi connectivity index (χ0n) is 32.7.